The zero-order valence-corrected chi connectivity index (χ0v) is 15.8. The van der Waals surface area contributed by atoms with E-state index in [4.69, 9.17) is 16.0 Å². The van der Waals surface area contributed by atoms with Crippen LogP contribution in [0, 0.1) is 6.57 Å². The average molecular weight is 380 g/mol. The van der Waals surface area contributed by atoms with E-state index in [-0.39, 0.29) is 17.9 Å². The van der Waals surface area contributed by atoms with E-state index < -0.39 is 17.1 Å². The van der Waals surface area contributed by atoms with Crippen molar-refractivity contribution in [1.29, 1.82) is 0 Å². The Bertz CT molecular complexity index is 918. The highest BCUT2D eigenvalue weighted by atomic mass is 16.5. The van der Waals surface area contributed by atoms with Crippen LogP contribution in [-0.4, -0.2) is 59.3 Å². The van der Waals surface area contributed by atoms with Gasteiger partial charge in [0, 0.05) is 25.6 Å². The predicted molar refractivity (Wildman–Crippen MR) is 101 cm³/mol. The minimum atomic E-state index is -0.999. The van der Waals surface area contributed by atoms with Crippen molar-refractivity contribution < 1.29 is 19.4 Å². The van der Waals surface area contributed by atoms with Gasteiger partial charge in [0.2, 0.25) is 5.69 Å². The number of ketones is 1. The maximum absolute atomic E-state index is 12.9. The maximum atomic E-state index is 12.9. The molecule has 3 fully saturated rings. The van der Waals surface area contributed by atoms with Gasteiger partial charge in [0.05, 0.1) is 23.7 Å². The Balaban J connectivity index is 1.51. The molecule has 1 N–H and O–H groups in total. The van der Waals surface area contributed by atoms with Gasteiger partial charge in [-0.15, -0.1) is 0 Å². The first-order valence-corrected chi connectivity index (χ1v) is 10.4. The second kappa shape index (κ2) is 5.56. The third kappa shape index (κ3) is 1.85. The number of Topliss-reactive ketones (excluding diaryl/α,β-unsaturated/α-hetero) is 1. The molecule has 2 aliphatic carbocycles. The van der Waals surface area contributed by atoms with E-state index in [1.54, 1.807) is 0 Å². The van der Waals surface area contributed by atoms with E-state index in [0.29, 0.717) is 30.7 Å². The zero-order chi connectivity index (χ0) is 19.1. The fourth-order valence-corrected chi connectivity index (χ4v) is 6.77. The molecule has 6 heteroatoms. The number of hydrogen-bond donors (Lipinski definition) is 1. The van der Waals surface area contributed by atoms with Crippen LogP contribution in [0.4, 0.5) is 5.69 Å². The van der Waals surface area contributed by atoms with Crippen LogP contribution in [0.1, 0.15) is 43.2 Å². The fraction of sp³-hybridized carbons (Fsp3) is 0.636. The van der Waals surface area contributed by atoms with E-state index in [2.05, 4.69) is 9.74 Å². The topological polar surface area (TPSA) is 63.4 Å². The van der Waals surface area contributed by atoms with Crippen molar-refractivity contribution in [2.75, 3.05) is 19.7 Å². The highest BCUT2D eigenvalue weighted by Crippen LogP contribution is 2.64. The van der Waals surface area contributed by atoms with Crippen LogP contribution < -0.4 is 4.74 Å². The predicted octanol–water partition coefficient (Wildman–Crippen LogP) is 2.14. The SMILES string of the molecule is [C-]#[N+]c1ccc2c3c1OC1C(=O)CCC4(O)[C@@H](C2)N(CC2CCCO2)CC[C@]314. The second-order valence-corrected chi connectivity index (χ2v) is 9.02. The highest BCUT2D eigenvalue weighted by molar-refractivity contribution is 5.90. The third-order valence-electron chi connectivity index (χ3n) is 7.95. The lowest BCUT2D eigenvalue weighted by Crippen LogP contribution is -2.76. The quantitative estimate of drug-likeness (QED) is 0.797. The molecule has 6 nitrogen and oxygen atoms in total. The molecule has 1 aromatic rings. The second-order valence-electron chi connectivity index (χ2n) is 9.02. The Kier molecular flexibility index (Phi) is 3.37. The summed E-state index contributed by atoms with van der Waals surface area (Å²) in [6.07, 6.45) is 3.99. The molecule has 5 atom stereocenters. The monoisotopic (exact) mass is 380 g/mol. The van der Waals surface area contributed by atoms with Gasteiger partial charge in [0.1, 0.15) is 5.75 Å². The molecule has 3 heterocycles. The number of likely N-dealkylation sites (tertiary alicyclic amines) is 1. The van der Waals surface area contributed by atoms with E-state index in [0.717, 1.165) is 50.1 Å². The van der Waals surface area contributed by atoms with Gasteiger partial charge in [-0.3, -0.25) is 9.69 Å². The Morgan fingerprint density at radius 1 is 1.36 bits per heavy atom. The number of carbonyl (C=O) groups is 1. The van der Waals surface area contributed by atoms with E-state index >= 15 is 0 Å². The molecule has 0 radical (unpaired) electrons. The summed E-state index contributed by atoms with van der Waals surface area (Å²) in [7, 11) is 0. The van der Waals surface area contributed by atoms with Gasteiger partial charge in [-0.2, -0.15) is 0 Å². The van der Waals surface area contributed by atoms with Crippen molar-refractivity contribution >= 4 is 11.5 Å². The Hall–Kier alpha value is -1.94. The molecule has 0 aromatic heterocycles. The number of piperidine rings is 1. The van der Waals surface area contributed by atoms with Crippen LogP contribution in [0.5, 0.6) is 5.75 Å². The summed E-state index contributed by atoms with van der Waals surface area (Å²) in [6, 6.07) is 3.78. The first-order chi connectivity index (χ1) is 13.6. The molecule has 2 bridgehead atoms. The first kappa shape index (κ1) is 17.0. The maximum Gasteiger partial charge on any atom is 0.228 e. The lowest BCUT2D eigenvalue weighted by atomic mass is 9.49. The average Bonchev–Trinajstić information content (AvgIpc) is 3.32. The van der Waals surface area contributed by atoms with Gasteiger partial charge >= 0.3 is 0 Å². The normalized spacial score (nSPS) is 40.7. The molecule has 28 heavy (non-hydrogen) atoms. The smallest absolute Gasteiger partial charge is 0.228 e. The van der Waals surface area contributed by atoms with Crippen LogP contribution in [0.15, 0.2) is 12.1 Å². The largest absolute Gasteiger partial charge is 0.492 e. The van der Waals surface area contributed by atoms with Gasteiger partial charge in [-0.05, 0) is 49.8 Å². The molecule has 2 saturated heterocycles. The highest BCUT2D eigenvalue weighted by Gasteiger charge is 2.72. The van der Waals surface area contributed by atoms with Crippen LogP contribution in [0.25, 0.3) is 4.85 Å². The molecule has 3 unspecified atom stereocenters. The lowest BCUT2D eigenvalue weighted by Gasteiger charge is -2.62. The summed E-state index contributed by atoms with van der Waals surface area (Å²) in [4.78, 5) is 18.9. The van der Waals surface area contributed by atoms with Crippen molar-refractivity contribution in [2.24, 2.45) is 0 Å². The lowest BCUT2D eigenvalue weighted by molar-refractivity contribution is -0.191. The van der Waals surface area contributed by atoms with Crippen LogP contribution in [-0.2, 0) is 21.4 Å². The summed E-state index contributed by atoms with van der Waals surface area (Å²) in [6.45, 7) is 10.0. The summed E-state index contributed by atoms with van der Waals surface area (Å²) in [5.41, 5.74) is 0.837. The van der Waals surface area contributed by atoms with E-state index in [9.17, 15) is 9.90 Å². The van der Waals surface area contributed by atoms with Crippen LogP contribution >= 0.6 is 0 Å². The van der Waals surface area contributed by atoms with Crippen molar-refractivity contribution in [1.82, 2.24) is 4.90 Å². The van der Waals surface area contributed by atoms with Crippen LogP contribution in [0.3, 0.4) is 0 Å². The number of carbonyl (C=O) groups excluding carboxylic acids is 1. The van der Waals surface area contributed by atoms with Gasteiger partial charge in [-0.25, -0.2) is 4.85 Å². The molecule has 5 aliphatic rings. The molecule has 146 valence electrons. The fourth-order valence-electron chi connectivity index (χ4n) is 6.77. The number of benzene rings is 1. The van der Waals surface area contributed by atoms with Crippen molar-refractivity contribution in [3.63, 3.8) is 0 Å². The molecule has 3 aliphatic heterocycles. The van der Waals surface area contributed by atoms with Gasteiger partial charge in [0.15, 0.2) is 11.9 Å². The number of aliphatic hydroxyl groups is 1. The number of ether oxygens (including phenoxy) is 2. The summed E-state index contributed by atoms with van der Waals surface area (Å²) in [5.74, 6) is 0.619. The minimum absolute atomic E-state index is 0.0399. The van der Waals surface area contributed by atoms with Crippen LogP contribution in [0.2, 0.25) is 0 Å². The van der Waals surface area contributed by atoms with E-state index in [1.165, 1.54) is 0 Å². The third-order valence-corrected chi connectivity index (χ3v) is 7.95. The number of hydrogen-bond acceptors (Lipinski definition) is 5. The molecular weight excluding hydrogens is 356 g/mol. The standard InChI is InChI=1S/C22H24N2O4/c1-23-15-5-4-13-11-17-22(26)7-6-16(25)20-21(22,18(13)19(15)28-20)8-9-24(17)12-14-3-2-10-27-14/h4-5,14,17,20,26H,2-3,6-12H2/t14?,17-,20?,21+,22?/m1/s1. The number of nitrogens with zero attached hydrogens (tertiary/aromatic N) is 2. The zero-order valence-electron chi connectivity index (χ0n) is 15.8. The van der Waals surface area contributed by atoms with E-state index in [1.807, 2.05) is 12.1 Å². The van der Waals surface area contributed by atoms with Gasteiger partial charge in [-0.1, -0.05) is 12.1 Å². The summed E-state index contributed by atoms with van der Waals surface area (Å²) >= 11 is 0. The molecular formula is C22H24N2O4. The Morgan fingerprint density at radius 2 is 2.25 bits per heavy atom. The van der Waals surface area contributed by atoms with Gasteiger partial charge in [0.25, 0.3) is 0 Å². The Labute approximate surface area is 164 Å². The molecule has 6 rings (SSSR count). The minimum Gasteiger partial charge on any atom is -0.492 e. The molecule has 1 saturated carbocycles. The summed E-state index contributed by atoms with van der Waals surface area (Å²) < 4.78 is 12.1. The Morgan fingerprint density at radius 3 is 3.04 bits per heavy atom. The van der Waals surface area contributed by atoms with Crippen molar-refractivity contribution in [2.45, 2.75) is 67.8 Å². The molecule has 1 spiro atoms. The summed E-state index contributed by atoms with van der Waals surface area (Å²) in [5, 5.41) is 12.1. The van der Waals surface area contributed by atoms with Gasteiger partial charge < -0.3 is 14.6 Å². The molecule has 1 aromatic carbocycles. The first-order valence-electron chi connectivity index (χ1n) is 10.4. The van der Waals surface area contributed by atoms with Crippen molar-refractivity contribution in [3.05, 3.63) is 34.7 Å². The molecule has 0 amide bonds. The van der Waals surface area contributed by atoms with Crippen molar-refractivity contribution in [3.8, 4) is 5.75 Å². The number of rotatable bonds is 2.